The van der Waals surface area contributed by atoms with E-state index in [1.807, 2.05) is 0 Å². The van der Waals surface area contributed by atoms with Crippen LogP contribution in [0.15, 0.2) is 30.3 Å². The SMILES string of the molecule is CC(C)CC(NC(=O)C(Cc1ccccc1)NC(=O)C(N)CCC(=O)O)C(=O)NC(CCC(=O)O)C(=O)O. The molecule has 13 nitrogen and oxygen atoms in total. The lowest BCUT2D eigenvalue weighted by Gasteiger charge is -2.26. The standard InChI is InChI=1S/C25H36N4O9/c1-14(2)12-18(23(35)27-17(25(37)38)9-11-21(32)33)29-24(36)19(13-15-6-4-3-5-7-15)28-22(34)16(26)8-10-20(30)31/h3-7,14,16-19H,8-13,26H2,1-2H3,(H,27,35)(H,28,34)(H,29,36)(H,30,31)(H,32,33)(H,37,38). The molecular formula is C25H36N4O9. The number of carbonyl (C=O) groups excluding carboxylic acids is 3. The van der Waals surface area contributed by atoms with Crippen molar-refractivity contribution in [2.75, 3.05) is 0 Å². The van der Waals surface area contributed by atoms with Crippen LogP contribution in [-0.4, -0.2) is 75.1 Å². The van der Waals surface area contributed by atoms with Gasteiger partial charge >= 0.3 is 17.9 Å². The van der Waals surface area contributed by atoms with Crippen LogP contribution in [-0.2, 0) is 35.2 Å². The van der Waals surface area contributed by atoms with Crippen LogP contribution >= 0.6 is 0 Å². The quantitative estimate of drug-likeness (QED) is 0.140. The fourth-order valence-electron chi connectivity index (χ4n) is 3.52. The molecule has 1 aromatic rings. The zero-order chi connectivity index (χ0) is 28.8. The fraction of sp³-hybridized carbons (Fsp3) is 0.520. The zero-order valence-electron chi connectivity index (χ0n) is 21.4. The van der Waals surface area contributed by atoms with E-state index in [2.05, 4.69) is 16.0 Å². The van der Waals surface area contributed by atoms with Crippen LogP contribution in [0.2, 0.25) is 0 Å². The molecule has 1 rings (SSSR count). The number of benzene rings is 1. The first-order chi connectivity index (χ1) is 17.8. The van der Waals surface area contributed by atoms with Gasteiger partial charge in [-0.2, -0.15) is 0 Å². The normalized spacial score (nSPS) is 14.0. The zero-order valence-corrected chi connectivity index (χ0v) is 21.4. The number of carboxylic acids is 3. The highest BCUT2D eigenvalue weighted by Crippen LogP contribution is 2.10. The van der Waals surface area contributed by atoms with E-state index >= 15 is 0 Å². The van der Waals surface area contributed by atoms with Crippen molar-refractivity contribution in [2.24, 2.45) is 11.7 Å². The average Bonchev–Trinajstić information content (AvgIpc) is 2.83. The third-order valence-electron chi connectivity index (χ3n) is 5.52. The monoisotopic (exact) mass is 536 g/mol. The first kappa shape index (κ1) is 32.0. The van der Waals surface area contributed by atoms with Crippen LogP contribution in [0.3, 0.4) is 0 Å². The number of nitrogens with two attached hydrogens (primary N) is 1. The van der Waals surface area contributed by atoms with Crippen LogP contribution < -0.4 is 21.7 Å². The summed E-state index contributed by atoms with van der Waals surface area (Å²) in [4.78, 5) is 72.0. The van der Waals surface area contributed by atoms with Crippen molar-refractivity contribution >= 4 is 35.6 Å². The number of carboxylic acid groups (broad SMARTS) is 3. The molecule has 0 radical (unpaired) electrons. The molecule has 0 spiro atoms. The predicted octanol–water partition coefficient (Wildman–Crippen LogP) is -0.129. The topological polar surface area (TPSA) is 225 Å². The maximum atomic E-state index is 13.3. The number of rotatable bonds is 17. The molecule has 38 heavy (non-hydrogen) atoms. The third-order valence-corrected chi connectivity index (χ3v) is 5.52. The van der Waals surface area contributed by atoms with Gasteiger partial charge in [0.2, 0.25) is 17.7 Å². The van der Waals surface area contributed by atoms with Gasteiger partial charge in [-0.05, 0) is 30.7 Å². The molecule has 0 saturated heterocycles. The van der Waals surface area contributed by atoms with Crippen molar-refractivity contribution in [3.63, 3.8) is 0 Å². The Balaban J connectivity index is 3.08. The number of amides is 3. The second kappa shape index (κ2) is 16.0. The summed E-state index contributed by atoms with van der Waals surface area (Å²) < 4.78 is 0. The van der Waals surface area contributed by atoms with Crippen LogP contribution in [0, 0.1) is 5.92 Å². The summed E-state index contributed by atoms with van der Waals surface area (Å²) in [6.45, 7) is 3.58. The van der Waals surface area contributed by atoms with E-state index in [-0.39, 0.29) is 38.0 Å². The summed E-state index contributed by atoms with van der Waals surface area (Å²) >= 11 is 0. The Morgan fingerprint density at radius 3 is 1.76 bits per heavy atom. The minimum absolute atomic E-state index is 0.0381. The molecule has 4 atom stereocenters. The molecule has 3 amide bonds. The van der Waals surface area contributed by atoms with Crippen molar-refractivity contribution in [3.8, 4) is 0 Å². The van der Waals surface area contributed by atoms with Gasteiger partial charge < -0.3 is 37.0 Å². The second-order valence-corrected chi connectivity index (χ2v) is 9.31. The van der Waals surface area contributed by atoms with Gasteiger partial charge in [-0.1, -0.05) is 44.2 Å². The molecule has 0 aliphatic rings. The fourth-order valence-corrected chi connectivity index (χ4v) is 3.52. The summed E-state index contributed by atoms with van der Waals surface area (Å²) in [7, 11) is 0. The average molecular weight is 537 g/mol. The lowest BCUT2D eigenvalue weighted by Crippen LogP contribution is -2.57. The Bertz CT molecular complexity index is 984. The van der Waals surface area contributed by atoms with E-state index in [1.54, 1.807) is 44.2 Å². The largest absolute Gasteiger partial charge is 0.481 e. The third kappa shape index (κ3) is 12.3. The highest BCUT2D eigenvalue weighted by atomic mass is 16.4. The number of nitrogens with one attached hydrogen (secondary N) is 3. The van der Waals surface area contributed by atoms with E-state index in [4.69, 9.17) is 15.9 Å². The van der Waals surface area contributed by atoms with Crippen molar-refractivity contribution < 1.29 is 44.1 Å². The molecule has 13 heteroatoms. The predicted molar refractivity (Wildman–Crippen MR) is 135 cm³/mol. The lowest BCUT2D eigenvalue weighted by atomic mass is 10.00. The molecule has 0 bridgehead atoms. The first-order valence-corrected chi connectivity index (χ1v) is 12.2. The molecular weight excluding hydrogens is 500 g/mol. The van der Waals surface area contributed by atoms with Gasteiger partial charge in [-0.3, -0.25) is 24.0 Å². The van der Waals surface area contributed by atoms with E-state index in [0.29, 0.717) is 5.56 Å². The Morgan fingerprint density at radius 1 is 0.737 bits per heavy atom. The maximum Gasteiger partial charge on any atom is 0.326 e. The maximum absolute atomic E-state index is 13.3. The van der Waals surface area contributed by atoms with Crippen LogP contribution in [0.4, 0.5) is 0 Å². The first-order valence-electron chi connectivity index (χ1n) is 12.2. The van der Waals surface area contributed by atoms with Gasteiger partial charge in [-0.25, -0.2) is 4.79 Å². The minimum Gasteiger partial charge on any atom is -0.481 e. The molecule has 8 N–H and O–H groups in total. The van der Waals surface area contributed by atoms with Gasteiger partial charge in [0.15, 0.2) is 0 Å². The molecule has 210 valence electrons. The van der Waals surface area contributed by atoms with Gasteiger partial charge in [0.25, 0.3) is 0 Å². The number of hydrogen-bond acceptors (Lipinski definition) is 7. The molecule has 0 aliphatic heterocycles. The van der Waals surface area contributed by atoms with Gasteiger partial charge in [-0.15, -0.1) is 0 Å². The van der Waals surface area contributed by atoms with Gasteiger partial charge in [0.05, 0.1) is 6.04 Å². The highest BCUT2D eigenvalue weighted by Gasteiger charge is 2.31. The Kier molecular flexibility index (Phi) is 13.5. The summed E-state index contributed by atoms with van der Waals surface area (Å²) in [6, 6.07) is 3.70. The van der Waals surface area contributed by atoms with Crippen LogP contribution in [0.25, 0.3) is 0 Å². The lowest BCUT2D eigenvalue weighted by molar-refractivity contribution is -0.143. The molecule has 1 aromatic carbocycles. The number of hydrogen-bond donors (Lipinski definition) is 7. The Hall–Kier alpha value is -4.00. The summed E-state index contributed by atoms with van der Waals surface area (Å²) in [5.41, 5.74) is 6.48. The summed E-state index contributed by atoms with van der Waals surface area (Å²) in [5, 5.41) is 34.4. The van der Waals surface area contributed by atoms with E-state index in [9.17, 15) is 33.9 Å². The molecule has 4 unspecified atom stereocenters. The molecule has 0 fully saturated rings. The minimum atomic E-state index is -1.47. The van der Waals surface area contributed by atoms with Crippen molar-refractivity contribution in [2.45, 2.75) is 76.5 Å². The summed E-state index contributed by atoms with van der Waals surface area (Å²) in [6.07, 6.45) is -1.14. The van der Waals surface area contributed by atoms with Crippen molar-refractivity contribution in [1.29, 1.82) is 0 Å². The number of carbonyl (C=O) groups is 6. The van der Waals surface area contributed by atoms with E-state index < -0.39 is 66.2 Å². The van der Waals surface area contributed by atoms with E-state index in [0.717, 1.165) is 0 Å². The number of aliphatic carboxylic acids is 3. The van der Waals surface area contributed by atoms with Gasteiger partial charge in [0.1, 0.15) is 18.1 Å². The molecule has 0 aliphatic carbocycles. The van der Waals surface area contributed by atoms with Crippen molar-refractivity contribution in [3.05, 3.63) is 35.9 Å². The molecule has 0 aromatic heterocycles. The van der Waals surface area contributed by atoms with Gasteiger partial charge in [0, 0.05) is 19.3 Å². The van der Waals surface area contributed by atoms with Crippen molar-refractivity contribution in [1.82, 2.24) is 16.0 Å². The molecule has 0 heterocycles. The molecule has 0 saturated carbocycles. The Morgan fingerprint density at radius 2 is 1.24 bits per heavy atom. The van der Waals surface area contributed by atoms with Crippen LogP contribution in [0.5, 0.6) is 0 Å². The Labute approximate surface area is 220 Å². The van der Waals surface area contributed by atoms with Crippen LogP contribution in [0.1, 0.15) is 51.5 Å². The van der Waals surface area contributed by atoms with E-state index in [1.165, 1.54) is 0 Å². The smallest absolute Gasteiger partial charge is 0.326 e. The highest BCUT2D eigenvalue weighted by molar-refractivity contribution is 5.94. The summed E-state index contributed by atoms with van der Waals surface area (Å²) in [5.74, 6) is -6.15. The second-order valence-electron chi connectivity index (χ2n) is 9.31.